The summed E-state index contributed by atoms with van der Waals surface area (Å²) in [7, 11) is -1.05. The largest absolute Gasteiger partial charge is 0.459 e. The lowest BCUT2D eigenvalue weighted by atomic mass is 10.2. The van der Waals surface area contributed by atoms with Crippen LogP contribution in [0.1, 0.15) is 29.1 Å². The molecule has 34 heavy (non-hydrogen) atoms. The second kappa shape index (κ2) is 10.7. The molecule has 1 atom stereocenters. The summed E-state index contributed by atoms with van der Waals surface area (Å²) in [5.74, 6) is -0.885. The van der Waals surface area contributed by atoms with Gasteiger partial charge in [0.15, 0.2) is 6.61 Å². The molecule has 0 saturated heterocycles. The van der Waals surface area contributed by atoms with Crippen molar-refractivity contribution >= 4 is 38.6 Å². The molecule has 0 unspecified atom stereocenters. The SMILES string of the molecule is C[C@@H](NC(=O)COC(=O)c1cc(S(=O)(=O)N(C)C)ccc1NCCO)c1cc2ccccc2o1. The van der Waals surface area contributed by atoms with E-state index < -0.39 is 34.5 Å². The van der Waals surface area contributed by atoms with Crippen molar-refractivity contribution < 1.29 is 32.3 Å². The van der Waals surface area contributed by atoms with Gasteiger partial charge in [0.2, 0.25) is 10.0 Å². The Balaban J connectivity index is 1.70. The van der Waals surface area contributed by atoms with Crippen LogP contribution in [0.2, 0.25) is 0 Å². The van der Waals surface area contributed by atoms with E-state index in [-0.39, 0.29) is 29.3 Å². The number of fused-ring (bicyclic) bond motifs is 1. The van der Waals surface area contributed by atoms with Crippen molar-refractivity contribution in [3.63, 3.8) is 0 Å². The summed E-state index contributed by atoms with van der Waals surface area (Å²) in [5, 5.41) is 15.5. The van der Waals surface area contributed by atoms with Crippen molar-refractivity contribution in [1.29, 1.82) is 0 Å². The predicted molar refractivity (Wildman–Crippen MR) is 126 cm³/mol. The van der Waals surface area contributed by atoms with Crippen LogP contribution < -0.4 is 10.6 Å². The van der Waals surface area contributed by atoms with E-state index in [1.54, 1.807) is 6.92 Å². The number of sulfonamides is 1. The van der Waals surface area contributed by atoms with Gasteiger partial charge < -0.3 is 24.9 Å². The Morgan fingerprint density at radius 3 is 2.56 bits per heavy atom. The normalized spacial score (nSPS) is 12.5. The van der Waals surface area contributed by atoms with Gasteiger partial charge in [0.25, 0.3) is 5.91 Å². The zero-order valence-corrected chi connectivity index (χ0v) is 19.9. The third kappa shape index (κ3) is 5.74. The Bertz CT molecular complexity index is 1250. The van der Waals surface area contributed by atoms with Gasteiger partial charge in [0, 0.05) is 31.7 Å². The van der Waals surface area contributed by atoms with Crippen LogP contribution in [0.15, 0.2) is 57.8 Å². The average molecular weight is 490 g/mol. The molecular formula is C23H27N3O7S. The first-order valence-electron chi connectivity index (χ1n) is 10.5. The molecule has 0 radical (unpaired) electrons. The molecule has 0 aliphatic rings. The van der Waals surface area contributed by atoms with Crippen LogP contribution in [0.25, 0.3) is 11.0 Å². The number of para-hydroxylation sites is 1. The molecular weight excluding hydrogens is 462 g/mol. The lowest BCUT2D eigenvalue weighted by molar-refractivity contribution is -0.125. The van der Waals surface area contributed by atoms with Crippen molar-refractivity contribution in [3.8, 4) is 0 Å². The smallest absolute Gasteiger partial charge is 0.340 e. The number of nitrogens with zero attached hydrogens (tertiary/aromatic N) is 1. The Labute approximate surface area is 197 Å². The lowest BCUT2D eigenvalue weighted by Crippen LogP contribution is -2.31. The summed E-state index contributed by atoms with van der Waals surface area (Å²) >= 11 is 0. The fraction of sp³-hybridized carbons (Fsp3) is 0.304. The molecule has 11 heteroatoms. The summed E-state index contributed by atoms with van der Waals surface area (Å²) in [5.41, 5.74) is 0.891. The lowest BCUT2D eigenvalue weighted by Gasteiger charge is -2.16. The number of amides is 1. The number of carbonyl (C=O) groups is 2. The number of aliphatic hydroxyl groups is 1. The van der Waals surface area contributed by atoms with Gasteiger partial charge in [0.05, 0.1) is 23.1 Å². The van der Waals surface area contributed by atoms with E-state index in [0.29, 0.717) is 11.3 Å². The summed E-state index contributed by atoms with van der Waals surface area (Å²) in [4.78, 5) is 25.0. The fourth-order valence-corrected chi connectivity index (χ4v) is 4.12. The number of nitrogens with one attached hydrogen (secondary N) is 2. The highest BCUT2D eigenvalue weighted by atomic mass is 32.2. The highest BCUT2D eigenvalue weighted by molar-refractivity contribution is 7.89. The second-order valence-corrected chi connectivity index (χ2v) is 9.85. The van der Waals surface area contributed by atoms with E-state index >= 15 is 0 Å². The van der Waals surface area contributed by atoms with Crippen LogP contribution >= 0.6 is 0 Å². The quantitative estimate of drug-likeness (QED) is 0.368. The molecule has 1 aromatic heterocycles. The highest BCUT2D eigenvalue weighted by Gasteiger charge is 2.23. The first-order valence-corrected chi connectivity index (χ1v) is 11.9. The Morgan fingerprint density at radius 1 is 1.15 bits per heavy atom. The van der Waals surface area contributed by atoms with Gasteiger partial charge in [-0.2, -0.15) is 0 Å². The van der Waals surface area contributed by atoms with Gasteiger partial charge >= 0.3 is 5.97 Å². The number of furan rings is 1. The molecule has 3 aromatic rings. The van der Waals surface area contributed by atoms with Crippen LogP contribution in [0.5, 0.6) is 0 Å². The van der Waals surface area contributed by atoms with E-state index in [0.717, 1.165) is 9.69 Å². The number of aliphatic hydroxyl groups excluding tert-OH is 1. The minimum absolute atomic E-state index is 0.0745. The number of ether oxygens (including phenoxy) is 1. The Hall–Kier alpha value is -3.41. The van der Waals surface area contributed by atoms with Gasteiger partial charge in [-0.05, 0) is 37.3 Å². The number of hydrogen-bond acceptors (Lipinski definition) is 8. The van der Waals surface area contributed by atoms with Gasteiger partial charge in [-0.15, -0.1) is 0 Å². The average Bonchev–Trinajstić information content (AvgIpc) is 3.25. The summed E-state index contributed by atoms with van der Waals surface area (Å²) < 4.78 is 36.8. The molecule has 0 fully saturated rings. The van der Waals surface area contributed by atoms with Crippen LogP contribution in [0, 0.1) is 0 Å². The van der Waals surface area contributed by atoms with Crippen molar-refractivity contribution in [2.75, 3.05) is 39.2 Å². The van der Waals surface area contributed by atoms with Crippen LogP contribution in [0.4, 0.5) is 5.69 Å². The van der Waals surface area contributed by atoms with Gasteiger partial charge in [-0.3, -0.25) is 4.79 Å². The molecule has 182 valence electrons. The van der Waals surface area contributed by atoms with Gasteiger partial charge in [-0.1, -0.05) is 18.2 Å². The Morgan fingerprint density at radius 2 is 1.88 bits per heavy atom. The second-order valence-electron chi connectivity index (χ2n) is 7.70. The van der Waals surface area contributed by atoms with E-state index in [1.807, 2.05) is 30.3 Å². The maximum atomic E-state index is 12.7. The third-order valence-corrected chi connectivity index (χ3v) is 6.81. The third-order valence-electron chi connectivity index (χ3n) is 5.00. The van der Waals surface area contributed by atoms with E-state index in [2.05, 4.69) is 10.6 Å². The maximum Gasteiger partial charge on any atom is 0.340 e. The number of hydrogen-bond donors (Lipinski definition) is 3. The number of esters is 1. The molecule has 10 nitrogen and oxygen atoms in total. The van der Waals surface area contributed by atoms with Gasteiger partial charge in [0.1, 0.15) is 11.3 Å². The summed E-state index contributed by atoms with van der Waals surface area (Å²) in [6, 6.07) is 12.7. The Kier molecular flexibility index (Phi) is 7.92. The number of anilines is 1. The molecule has 2 aromatic carbocycles. The molecule has 1 amide bonds. The predicted octanol–water partition coefficient (Wildman–Crippen LogP) is 2.12. The van der Waals surface area contributed by atoms with Crippen molar-refractivity contribution in [2.45, 2.75) is 17.9 Å². The molecule has 0 spiro atoms. The van der Waals surface area contributed by atoms with E-state index in [4.69, 9.17) is 14.3 Å². The van der Waals surface area contributed by atoms with Crippen LogP contribution in [0.3, 0.4) is 0 Å². The van der Waals surface area contributed by atoms with Crippen molar-refractivity contribution in [3.05, 3.63) is 59.9 Å². The summed E-state index contributed by atoms with van der Waals surface area (Å²) in [6.07, 6.45) is 0. The zero-order chi connectivity index (χ0) is 24.9. The molecule has 0 saturated carbocycles. The minimum atomic E-state index is -3.80. The van der Waals surface area contributed by atoms with Crippen LogP contribution in [-0.4, -0.2) is 63.6 Å². The standard InChI is InChI=1S/C23H27N3O7S/c1-15(21-12-16-6-4-5-7-20(16)33-21)25-22(28)14-32-23(29)18-13-17(34(30,31)26(2)3)8-9-19(18)24-10-11-27/h4-9,12-13,15,24,27H,10-11,14H2,1-3H3,(H,25,28)/t15-/m1/s1. The molecule has 0 aliphatic carbocycles. The van der Waals surface area contributed by atoms with Crippen molar-refractivity contribution in [1.82, 2.24) is 9.62 Å². The van der Waals surface area contributed by atoms with E-state index in [9.17, 15) is 18.0 Å². The topological polar surface area (TPSA) is 138 Å². The van der Waals surface area contributed by atoms with E-state index in [1.165, 1.54) is 32.3 Å². The first kappa shape index (κ1) is 25.2. The zero-order valence-electron chi connectivity index (χ0n) is 19.1. The molecule has 0 aliphatic heterocycles. The highest BCUT2D eigenvalue weighted by Crippen LogP contribution is 2.24. The first-order chi connectivity index (χ1) is 16.1. The molecule has 1 heterocycles. The fourth-order valence-electron chi connectivity index (χ4n) is 3.19. The number of benzene rings is 2. The maximum absolute atomic E-state index is 12.7. The van der Waals surface area contributed by atoms with Crippen molar-refractivity contribution in [2.24, 2.45) is 0 Å². The number of carbonyl (C=O) groups excluding carboxylic acids is 2. The summed E-state index contributed by atoms with van der Waals surface area (Å²) in [6.45, 7) is 1.10. The number of rotatable bonds is 10. The molecule has 0 bridgehead atoms. The molecule has 3 rings (SSSR count). The molecule has 3 N–H and O–H groups in total. The van der Waals surface area contributed by atoms with Gasteiger partial charge in [-0.25, -0.2) is 17.5 Å². The monoisotopic (exact) mass is 489 g/mol. The minimum Gasteiger partial charge on any atom is -0.459 e. The van der Waals surface area contributed by atoms with Crippen LogP contribution in [-0.2, 0) is 19.6 Å².